The molecule has 0 radical (unpaired) electrons. The normalized spacial score (nSPS) is 12.8. The van der Waals surface area contributed by atoms with Crippen molar-refractivity contribution in [1.82, 2.24) is 9.97 Å². The van der Waals surface area contributed by atoms with Gasteiger partial charge in [0.05, 0.1) is 11.4 Å². The van der Waals surface area contributed by atoms with Crippen molar-refractivity contribution in [2.45, 2.75) is 26.2 Å². The first kappa shape index (κ1) is 27.9. The second-order valence-corrected chi connectivity index (χ2v) is 12.7. The molecule has 2 nitrogen and oxygen atoms in total. The second-order valence-electron chi connectivity index (χ2n) is 12.7. The maximum atomic E-state index is 5.05. The minimum atomic E-state index is 0.0153. The van der Waals surface area contributed by atoms with E-state index in [0.717, 1.165) is 39.5 Å². The Kier molecular flexibility index (Phi) is 6.73. The van der Waals surface area contributed by atoms with Gasteiger partial charge in [-0.15, -0.1) is 0 Å². The average molecular weight is 591 g/mol. The third-order valence-electron chi connectivity index (χ3n) is 9.44. The van der Waals surface area contributed by atoms with Gasteiger partial charge in [-0.05, 0) is 75.2 Å². The Balaban J connectivity index is 1.17. The maximum absolute atomic E-state index is 5.05. The van der Waals surface area contributed by atoms with Crippen molar-refractivity contribution in [1.29, 1.82) is 0 Å². The molecule has 7 aromatic rings. The zero-order valence-corrected chi connectivity index (χ0v) is 26.3. The molecule has 0 saturated carbocycles. The summed E-state index contributed by atoms with van der Waals surface area (Å²) in [7, 11) is 0. The number of hydrogen-bond acceptors (Lipinski definition) is 2. The molecule has 1 aromatic heterocycles. The Morgan fingerprint density at radius 1 is 0.391 bits per heavy atom. The summed E-state index contributed by atoms with van der Waals surface area (Å²) in [6, 6.07) is 54.0. The Morgan fingerprint density at radius 2 is 0.957 bits per heavy atom. The van der Waals surface area contributed by atoms with E-state index >= 15 is 0 Å². The summed E-state index contributed by atoms with van der Waals surface area (Å²) in [6.07, 6.45) is 0. The van der Waals surface area contributed by atoms with E-state index in [4.69, 9.17) is 9.97 Å². The quantitative estimate of drug-likeness (QED) is 0.199. The number of rotatable bonds is 5. The number of aryl methyl sites for hydroxylation is 1. The largest absolute Gasteiger partial charge is 0.228 e. The third kappa shape index (κ3) is 4.83. The average Bonchev–Trinajstić information content (AvgIpc) is 3.34. The van der Waals surface area contributed by atoms with Gasteiger partial charge < -0.3 is 0 Å². The van der Waals surface area contributed by atoms with Crippen LogP contribution in [0.25, 0.3) is 67.3 Å². The first-order valence-corrected chi connectivity index (χ1v) is 15.9. The molecule has 8 rings (SSSR count). The summed E-state index contributed by atoms with van der Waals surface area (Å²) in [4.78, 5) is 10.1. The fourth-order valence-electron chi connectivity index (χ4n) is 6.98. The van der Waals surface area contributed by atoms with Gasteiger partial charge in [-0.25, -0.2) is 9.97 Å². The predicted octanol–water partition coefficient (Wildman–Crippen LogP) is 11.4. The lowest BCUT2D eigenvalue weighted by molar-refractivity contribution is 0.660. The van der Waals surface area contributed by atoms with Gasteiger partial charge in [0.2, 0.25) is 0 Å². The highest BCUT2D eigenvalue weighted by Crippen LogP contribution is 2.49. The SMILES string of the molecule is Cc1cc(-c2ccc3c(c2)-c2ccccc2C3(C)C)ccc1-c1cccc(-c2nc(-c3ccccc3)cc(-c3ccccc3)n2)c1. The minimum absolute atomic E-state index is 0.0153. The van der Waals surface area contributed by atoms with Crippen LogP contribution >= 0.6 is 0 Å². The molecule has 1 heterocycles. The molecule has 0 amide bonds. The van der Waals surface area contributed by atoms with Gasteiger partial charge in [-0.2, -0.15) is 0 Å². The van der Waals surface area contributed by atoms with Crippen LogP contribution in [0.4, 0.5) is 0 Å². The van der Waals surface area contributed by atoms with Crippen LogP contribution in [0.1, 0.15) is 30.5 Å². The van der Waals surface area contributed by atoms with Gasteiger partial charge in [0.15, 0.2) is 5.82 Å². The maximum Gasteiger partial charge on any atom is 0.160 e. The Hall–Kier alpha value is -5.60. The lowest BCUT2D eigenvalue weighted by Gasteiger charge is -2.21. The van der Waals surface area contributed by atoms with Crippen LogP contribution < -0.4 is 0 Å². The molecule has 1 aliphatic rings. The van der Waals surface area contributed by atoms with Crippen LogP contribution in [-0.2, 0) is 5.41 Å². The molecule has 0 atom stereocenters. The standard InChI is InChI=1S/C44H34N2/c1-29-25-32(33-22-24-40-38(27-33)37-19-10-11-20-39(37)44(40,2)3)21-23-36(29)34-17-12-18-35(26-34)43-45-41(30-13-6-4-7-14-30)28-42(46-43)31-15-8-5-9-16-31/h4-28H,1-3H3. The lowest BCUT2D eigenvalue weighted by atomic mass is 9.82. The molecule has 6 aromatic carbocycles. The number of fused-ring (bicyclic) bond motifs is 3. The molecule has 0 unspecified atom stereocenters. The van der Waals surface area contributed by atoms with Crippen molar-refractivity contribution in [3.8, 4) is 67.3 Å². The third-order valence-corrected chi connectivity index (χ3v) is 9.44. The molecule has 220 valence electrons. The van der Waals surface area contributed by atoms with Crippen molar-refractivity contribution >= 4 is 0 Å². The number of nitrogens with zero attached hydrogens (tertiary/aromatic N) is 2. The highest BCUT2D eigenvalue weighted by molar-refractivity contribution is 5.85. The van der Waals surface area contributed by atoms with E-state index in [9.17, 15) is 0 Å². The van der Waals surface area contributed by atoms with E-state index in [2.05, 4.69) is 160 Å². The van der Waals surface area contributed by atoms with Gasteiger partial charge >= 0.3 is 0 Å². The zero-order chi connectivity index (χ0) is 31.3. The molecule has 0 N–H and O–H groups in total. The van der Waals surface area contributed by atoms with E-state index in [1.54, 1.807) is 0 Å². The highest BCUT2D eigenvalue weighted by Gasteiger charge is 2.35. The summed E-state index contributed by atoms with van der Waals surface area (Å²) in [5, 5.41) is 0. The molecule has 46 heavy (non-hydrogen) atoms. The molecule has 0 spiro atoms. The van der Waals surface area contributed by atoms with E-state index in [1.165, 1.54) is 44.5 Å². The van der Waals surface area contributed by atoms with Gasteiger partial charge in [-0.3, -0.25) is 0 Å². The number of aromatic nitrogens is 2. The molecule has 0 saturated heterocycles. The van der Waals surface area contributed by atoms with E-state index in [-0.39, 0.29) is 5.41 Å². The monoisotopic (exact) mass is 590 g/mol. The molecule has 2 heteroatoms. The van der Waals surface area contributed by atoms with E-state index < -0.39 is 0 Å². The summed E-state index contributed by atoms with van der Waals surface area (Å²) in [6.45, 7) is 6.86. The topological polar surface area (TPSA) is 25.8 Å². The number of benzene rings is 6. The van der Waals surface area contributed by atoms with Crippen molar-refractivity contribution in [2.75, 3.05) is 0 Å². The molecular formula is C44H34N2. The zero-order valence-electron chi connectivity index (χ0n) is 26.3. The van der Waals surface area contributed by atoms with Crippen LogP contribution in [0.3, 0.4) is 0 Å². The first-order chi connectivity index (χ1) is 22.5. The smallest absolute Gasteiger partial charge is 0.160 e. The Morgan fingerprint density at radius 3 is 1.65 bits per heavy atom. The lowest BCUT2D eigenvalue weighted by Crippen LogP contribution is -2.14. The van der Waals surface area contributed by atoms with Crippen LogP contribution in [0.15, 0.2) is 152 Å². The molecular weight excluding hydrogens is 556 g/mol. The van der Waals surface area contributed by atoms with Gasteiger partial charge in [0, 0.05) is 22.1 Å². The van der Waals surface area contributed by atoms with Crippen LogP contribution in [-0.4, -0.2) is 9.97 Å². The highest BCUT2D eigenvalue weighted by atomic mass is 14.9. The second kappa shape index (κ2) is 11.1. The summed E-state index contributed by atoms with van der Waals surface area (Å²) >= 11 is 0. The van der Waals surface area contributed by atoms with Gasteiger partial charge in [0.1, 0.15) is 0 Å². The summed E-state index contributed by atoms with van der Waals surface area (Å²) < 4.78 is 0. The van der Waals surface area contributed by atoms with Crippen LogP contribution in [0, 0.1) is 6.92 Å². The van der Waals surface area contributed by atoms with Crippen molar-refractivity contribution in [3.05, 3.63) is 168 Å². The summed E-state index contributed by atoms with van der Waals surface area (Å²) in [5.74, 6) is 0.720. The van der Waals surface area contributed by atoms with E-state index in [0.29, 0.717) is 0 Å². The predicted molar refractivity (Wildman–Crippen MR) is 192 cm³/mol. The fourth-order valence-corrected chi connectivity index (χ4v) is 6.98. The van der Waals surface area contributed by atoms with Crippen molar-refractivity contribution in [3.63, 3.8) is 0 Å². The minimum Gasteiger partial charge on any atom is -0.228 e. The van der Waals surface area contributed by atoms with Crippen molar-refractivity contribution in [2.24, 2.45) is 0 Å². The molecule has 1 aliphatic carbocycles. The fraction of sp³-hybridized carbons (Fsp3) is 0.0909. The first-order valence-electron chi connectivity index (χ1n) is 15.9. The summed E-state index contributed by atoms with van der Waals surface area (Å²) in [5.41, 5.74) is 16.6. The molecule has 0 fully saturated rings. The number of hydrogen-bond donors (Lipinski definition) is 0. The Labute approximate surface area is 271 Å². The van der Waals surface area contributed by atoms with E-state index in [1.807, 2.05) is 12.1 Å². The van der Waals surface area contributed by atoms with Crippen LogP contribution in [0.2, 0.25) is 0 Å². The molecule has 0 bridgehead atoms. The van der Waals surface area contributed by atoms with Gasteiger partial charge in [-0.1, -0.05) is 147 Å². The molecule has 0 aliphatic heterocycles. The van der Waals surface area contributed by atoms with Crippen molar-refractivity contribution < 1.29 is 0 Å². The van der Waals surface area contributed by atoms with Crippen LogP contribution in [0.5, 0.6) is 0 Å². The Bertz CT molecular complexity index is 2170. The van der Waals surface area contributed by atoms with Gasteiger partial charge in [0.25, 0.3) is 0 Å².